The number of pyridine rings is 1. The molecule has 1 heterocycles. The predicted molar refractivity (Wildman–Crippen MR) is 115 cm³/mol. The Morgan fingerprint density at radius 2 is 1.87 bits per heavy atom. The molecule has 1 amide bonds. The minimum atomic E-state index is -1.01. The van der Waals surface area contributed by atoms with Gasteiger partial charge in [-0.25, -0.2) is 4.79 Å². The number of hydrogen-bond donors (Lipinski definition) is 0. The van der Waals surface area contributed by atoms with Crippen molar-refractivity contribution in [3.05, 3.63) is 71.4 Å². The molecular formula is C24H23N3O3. The summed E-state index contributed by atoms with van der Waals surface area (Å²) < 4.78 is 5.54. The van der Waals surface area contributed by atoms with Crippen molar-refractivity contribution < 1.29 is 14.3 Å². The number of carbonyl (C=O) groups is 2. The van der Waals surface area contributed by atoms with Gasteiger partial charge in [0.25, 0.3) is 5.91 Å². The first-order chi connectivity index (χ1) is 14.4. The van der Waals surface area contributed by atoms with Gasteiger partial charge < -0.3 is 9.64 Å². The summed E-state index contributed by atoms with van der Waals surface area (Å²) in [6.45, 7) is 5.51. The topological polar surface area (TPSA) is 83.3 Å². The van der Waals surface area contributed by atoms with Crippen molar-refractivity contribution >= 4 is 28.5 Å². The third-order valence-electron chi connectivity index (χ3n) is 4.72. The molecule has 2 aromatic carbocycles. The van der Waals surface area contributed by atoms with Crippen LogP contribution in [0.1, 0.15) is 35.0 Å². The molecule has 0 radical (unpaired) electrons. The standard InChI is InChI=1S/C24H23N3O3/c1-16-10-11-22-20(14-16)21(15-17(2)26-22)24(29)30-18(3)23(28)27(13-7-12-25)19-8-5-4-6-9-19/h4-6,8-11,14-15,18H,7,13H2,1-3H3. The first-order valence-corrected chi connectivity index (χ1v) is 9.73. The van der Waals surface area contributed by atoms with Gasteiger partial charge in [-0.1, -0.05) is 29.8 Å². The van der Waals surface area contributed by atoms with Crippen molar-refractivity contribution in [3.8, 4) is 6.07 Å². The summed E-state index contributed by atoms with van der Waals surface area (Å²) in [4.78, 5) is 31.9. The van der Waals surface area contributed by atoms with Crippen LogP contribution < -0.4 is 4.90 Å². The number of ether oxygens (including phenoxy) is 1. The fourth-order valence-corrected chi connectivity index (χ4v) is 3.27. The summed E-state index contributed by atoms with van der Waals surface area (Å²) in [6.07, 6.45) is -0.834. The zero-order chi connectivity index (χ0) is 21.7. The van der Waals surface area contributed by atoms with Crippen LogP contribution in [-0.4, -0.2) is 29.5 Å². The third-order valence-corrected chi connectivity index (χ3v) is 4.72. The van der Waals surface area contributed by atoms with E-state index < -0.39 is 12.1 Å². The number of esters is 1. The first-order valence-electron chi connectivity index (χ1n) is 9.73. The van der Waals surface area contributed by atoms with E-state index in [1.807, 2.05) is 50.2 Å². The Labute approximate surface area is 175 Å². The summed E-state index contributed by atoms with van der Waals surface area (Å²) in [7, 11) is 0. The van der Waals surface area contributed by atoms with Crippen LogP contribution in [0.15, 0.2) is 54.6 Å². The number of aromatic nitrogens is 1. The van der Waals surface area contributed by atoms with Crippen LogP contribution in [0.3, 0.4) is 0 Å². The van der Waals surface area contributed by atoms with E-state index >= 15 is 0 Å². The lowest BCUT2D eigenvalue weighted by Gasteiger charge is -2.25. The average Bonchev–Trinajstić information content (AvgIpc) is 2.74. The lowest BCUT2D eigenvalue weighted by Crippen LogP contribution is -2.40. The van der Waals surface area contributed by atoms with E-state index in [-0.39, 0.29) is 18.9 Å². The zero-order valence-corrected chi connectivity index (χ0v) is 17.3. The normalized spacial score (nSPS) is 11.5. The molecule has 6 heteroatoms. The number of anilines is 1. The molecule has 30 heavy (non-hydrogen) atoms. The number of hydrogen-bond acceptors (Lipinski definition) is 5. The highest BCUT2D eigenvalue weighted by Crippen LogP contribution is 2.22. The van der Waals surface area contributed by atoms with E-state index in [1.165, 1.54) is 4.90 Å². The summed E-state index contributed by atoms with van der Waals surface area (Å²) in [5.41, 5.74) is 3.42. The third kappa shape index (κ3) is 4.64. The molecule has 1 atom stereocenters. The van der Waals surface area contributed by atoms with E-state index in [0.29, 0.717) is 27.8 Å². The van der Waals surface area contributed by atoms with Crippen LogP contribution in [0.25, 0.3) is 10.9 Å². The van der Waals surface area contributed by atoms with Gasteiger partial charge in [-0.2, -0.15) is 5.26 Å². The summed E-state index contributed by atoms with van der Waals surface area (Å²) in [5, 5.41) is 9.64. The Hall–Kier alpha value is -3.72. The number of fused-ring (bicyclic) bond motifs is 1. The number of benzene rings is 2. The predicted octanol–water partition coefficient (Wildman–Crippen LogP) is 4.34. The van der Waals surface area contributed by atoms with Gasteiger partial charge in [-0.05, 0) is 51.1 Å². The second-order valence-corrected chi connectivity index (χ2v) is 7.11. The summed E-state index contributed by atoms with van der Waals surface area (Å²) in [6, 6.07) is 18.4. The number of nitrogens with zero attached hydrogens (tertiary/aromatic N) is 3. The van der Waals surface area contributed by atoms with Crippen LogP contribution in [-0.2, 0) is 9.53 Å². The smallest absolute Gasteiger partial charge is 0.339 e. The maximum absolute atomic E-state index is 13.0. The fourth-order valence-electron chi connectivity index (χ4n) is 3.27. The molecule has 0 saturated heterocycles. The van der Waals surface area contributed by atoms with Gasteiger partial charge >= 0.3 is 5.97 Å². The minimum Gasteiger partial charge on any atom is -0.449 e. The molecule has 6 nitrogen and oxygen atoms in total. The Kier molecular flexibility index (Phi) is 6.43. The quantitative estimate of drug-likeness (QED) is 0.574. The maximum atomic E-state index is 13.0. The number of carbonyl (C=O) groups excluding carboxylic acids is 2. The maximum Gasteiger partial charge on any atom is 0.339 e. The Morgan fingerprint density at radius 1 is 1.13 bits per heavy atom. The largest absolute Gasteiger partial charge is 0.449 e. The highest BCUT2D eigenvalue weighted by molar-refractivity contribution is 6.05. The van der Waals surface area contributed by atoms with E-state index in [0.717, 1.165) is 5.56 Å². The molecule has 152 valence electrons. The lowest BCUT2D eigenvalue weighted by molar-refractivity contribution is -0.126. The molecule has 3 aromatic rings. The molecule has 0 saturated carbocycles. The molecule has 1 unspecified atom stereocenters. The van der Waals surface area contributed by atoms with Crippen molar-refractivity contribution in [1.29, 1.82) is 5.26 Å². The van der Waals surface area contributed by atoms with E-state index in [4.69, 9.17) is 10.00 Å². The van der Waals surface area contributed by atoms with E-state index in [9.17, 15) is 9.59 Å². The average molecular weight is 401 g/mol. The number of nitriles is 1. The van der Waals surface area contributed by atoms with Crippen molar-refractivity contribution in [2.75, 3.05) is 11.4 Å². The van der Waals surface area contributed by atoms with Crippen LogP contribution in [0.2, 0.25) is 0 Å². The van der Waals surface area contributed by atoms with Crippen molar-refractivity contribution in [2.45, 2.75) is 33.3 Å². The molecule has 0 N–H and O–H groups in total. The van der Waals surface area contributed by atoms with Crippen LogP contribution in [0.5, 0.6) is 0 Å². The molecular weight excluding hydrogens is 378 g/mol. The fraction of sp³-hybridized carbons (Fsp3) is 0.250. The molecule has 0 aliphatic rings. The molecule has 0 aliphatic carbocycles. The van der Waals surface area contributed by atoms with Crippen molar-refractivity contribution in [1.82, 2.24) is 4.98 Å². The van der Waals surface area contributed by atoms with Gasteiger partial charge in [0.05, 0.1) is 23.6 Å². The minimum absolute atomic E-state index is 0.175. The van der Waals surface area contributed by atoms with Crippen LogP contribution >= 0.6 is 0 Å². The van der Waals surface area contributed by atoms with Gasteiger partial charge in [-0.3, -0.25) is 9.78 Å². The highest BCUT2D eigenvalue weighted by atomic mass is 16.5. The second-order valence-electron chi connectivity index (χ2n) is 7.11. The highest BCUT2D eigenvalue weighted by Gasteiger charge is 2.26. The monoisotopic (exact) mass is 401 g/mol. The SMILES string of the molecule is Cc1ccc2nc(C)cc(C(=O)OC(C)C(=O)N(CCC#N)c3ccccc3)c2c1. The van der Waals surface area contributed by atoms with Gasteiger partial charge in [0.15, 0.2) is 6.10 Å². The second kappa shape index (κ2) is 9.19. The van der Waals surface area contributed by atoms with Crippen molar-refractivity contribution in [3.63, 3.8) is 0 Å². The van der Waals surface area contributed by atoms with Crippen LogP contribution in [0, 0.1) is 25.2 Å². The number of rotatable bonds is 6. The lowest BCUT2D eigenvalue weighted by atomic mass is 10.1. The molecule has 0 aliphatic heterocycles. The van der Waals surface area contributed by atoms with E-state index in [2.05, 4.69) is 11.1 Å². The van der Waals surface area contributed by atoms with E-state index in [1.54, 1.807) is 25.1 Å². The summed E-state index contributed by atoms with van der Waals surface area (Å²) in [5.74, 6) is -0.957. The molecule has 0 bridgehead atoms. The van der Waals surface area contributed by atoms with Gasteiger partial charge in [0, 0.05) is 23.3 Å². The molecule has 3 rings (SSSR count). The van der Waals surface area contributed by atoms with Gasteiger partial charge in [0.2, 0.25) is 0 Å². The number of amides is 1. The van der Waals surface area contributed by atoms with Crippen LogP contribution in [0.4, 0.5) is 5.69 Å². The molecule has 1 aromatic heterocycles. The van der Waals surface area contributed by atoms with Gasteiger partial charge in [-0.15, -0.1) is 0 Å². The van der Waals surface area contributed by atoms with Gasteiger partial charge in [0.1, 0.15) is 0 Å². The molecule has 0 spiro atoms. The first kappa shape index (κ1) is 21.0. The Balaban J connectivity index is 1.86. The number of aryl methyl sites for hydroxylation is 2. The number of para-hydroxylation sites is 1. The Morgan fingerprint density at radius 3 is 2.57 bits per heavy atom. The molecule has 0 fully saturated rings. The van der Waals surface area contributed by atoms with Crippen molar-refractivity contribution in [2.24, 2.45) is 0 Å². The zero-order valence-electron chi connectivity index (χ0n) is 17.3. The Bertz CT molecular complexity index is 1120. The summed E-state index contributed by atoms with van der Waals surface area (Å²) >= 11 is 0.